The van der Waals surface area contributed by atoms with E-state index in [9.17, 15) is 4.79 Å². The number of carbonyl (C=O) groups excluding carboxylic acids is 1. The van der Waals surface area contributed by atoms with Crippen molar-refractivity contribution in [2.24, 2.45) is 0 Å². The summed E-state index contributed by atoms with van der Waals surface area (Å²) in [4.78, 5) is 14.7. The maximum Gasteiger partial charge on any atom is 0.264 e. The molecule has 1 aromatic carbocycles. The summed E-state index contributed by atoms with van der Waals surface area (Å²) >= 11 is 0. The quantitative estimate of drug-likeness (QED) is 0.852. The number of hydrogen-bond acceptors (Lipinski definition) is 3. The van der Waals surface area contributed by atoms with E-state index in [-0.39, 0.29) is 18.1 Å². The molecule has 1 aromatic heterocycles. The van der Waals surface area contributed by atoms with Crippen molar-refractivity contribution in [3.8, 4) is 5.75 Å². The van der Waals surface area contributed by atoms with Crippen LogP contribution >= 0.6 is 0 Å². The van der Waals surface area contributed by atoms with Gasteiger partial charge >= 0.3 is 0 Å². The fourth-order valence-corrected chi connectivity index (χ4v) is 3.39. The van der Waals surface area contributed by atoms with Crippen LogP contribution in [0.25, 0.3) is 0 Å². The molecule has 2 aliphatic rings. The van der Waals surface area contributed by atoms with E-state index in [1.165, 1.54) is 0 Å². The first-order valence-corrected chi connectivity index (χ1v) is 7.84. The van der Waals surface area contributed by atoms with Gasteiger partial charge in [-0.25, -0.2) is 0 Å². The highest BCUT2D eigenvalue weighted by molar-refractivity contribution is 5.82. The average molecular weight is 297 g/mol. The number of ether oxygens (including phenoxy) is 1. The third-order valence-electron chi connectivity index (χ3n) is 4.53. The highest BCUT2D eigenvalue weighted by Crippen LogP contribution is 2.30. The van der Waals surface area contributed by atoms with E-state index in [1.54, 1.807) is 6.20 Å². The largest absolute Gasteiger partial charge is 0.480 e. The Hall–Kier alpha value is -2.30. The van der Waals surface area contributed by atoms with Gasteiger partial charge in [-0.3, -0.25) is 9.48 Å². The molecule has 2 aromatic rings. The van der Waals surface area contributed by atoms with E-state index in [0.29, 0.717) is 6.42 Å². The Kier molecular flexibility index (Phi) is 3.33. The van der Waals surface area contributed by atoms with Gasteiger partial charge in [-0.15, -0.1) is 0 Å². The first-order valence-electron chi connectivity index (χ1n) is 7.84. The molecular weight excluding hydrogens is 278 g/mol. The highest BCUT2D eigenvalue weighted by Gasteiger charge is 2.34. The zero-order valence-electron chi connectivity index (χ0n) is 12.4. The Bertz CT molecular complexity index is 643. The van der Waals surface area contributed by atoms with Gasteiger partial charge in [-0.1, -0.05) is 18.2 Å². The molecular formula is C17H19N3O2. The van der Waals surface area contributed by atoms with Gasteiger partial charge in [-0.05, 0) is 30.5 Å². The van der Waals surface area contributed by atoms with Gasteiger partial charge in [0.05, 0.1) is 6.04 Å². The summed E-state index contributed by atoms with van der Waals surface area (Å²) in [5.74, 6) is 0.953. The van der Waals surface area contributed by atoms with Crippen molar-refractivity contribution in [2.75, 3.05) is 13.1 Å². The number of fused-ring (bicyclic) bond motifs is 1. The molecule has 0 bridgehead atoms. The lowest BCUT2D eigenvalue weighted by molar-refractivity contribution is -0.139. The summed E-state index contributed by atoms with van der Waals surface area (Å²) in [6, 6.07) is 10.1. The molecule has 0 saturated carbocycles. The van der Waals surface area contributed by atoms with Crippen LogP contribution in [-0.2, 0) is 11.2 Å². The number of piperidine rings is 1. The SMILES string of the molecule is O=C([C@H]1Cc2ccccc2O1)N1CCC[C@H](n2cccn2)C1. The summed E-state index contributed by atoms with van der Waals surface area (Å²) in [7, 11) is 0. The number of hydrogen-bond donors (Lipinski definition) is 0. The van der Waals surface area contributed by atoms with E-state index >= 15 is 0 Å². The lowest BCUT2D eigenvalue weighted by Gasteiger charge is -2.34. The maximum atomic E-state index is 12.8. The van der Waals surface area contributed by atoms with Crippen molar-refractivity contribution in [1.82, 2.24) is 14.7 Å². The van der Waals surface area contributed by atoms with Crippen LogP contribution in [0.4, 0.5) is 0 Å². The van der Waals surface area contributed by atoms with E-state index in [1.807, 2.05) is 46.1 Å². The average Bonchev–Trinajstić information content (AvgIpc) is 3.23. The topological polar surface area (TPSA) is 47.4 Å². The molecule has 22 heavy (non-hydrogen) atoms. The number of amides is 1. The minimum absolute atomic E-state index is 0.105. The van der Waals surface area contributed by atoms with Crippen molar-refractivity contribution >= 4 is 5.91 Å². The van der Waals surface area contributed by atoms with E-state index in [0.717, 1.165) is 37.2 Å². The second-order valence-corrected chi connectivity index (χ2v) is 5.98. The van der Waals surface area contributed by atoms with Crippen LogP contribution in [0.1, 0.15) is 24.4 Å². The molecule has 0 unspecified atom stereocenters. The van der Waals surface area contributed by atoms with Gasteiger partial charge in [0.1, 0.15) is 5.75 Å². The number of carbonyl (C=O) groups is 1. The third-order valence-corrected chi connectivity index (χ3v) is 4.53. The minimum atomic E-state index is -0.367. The zero-order chi connectivity index (χ0) is 14.9. The lowest BCUT2D eigenvalue weighted by atomic mass is 10.0. The fourth-order valence-electron chi connectivity index (χ4n) is 3.39. The van der Waals surface area contributed by atoms with Crippen LogP contribution in [0, 0.1) is 0 Å². The van der Waals surface area contributed by atoms with Crippen LogP contribution in [0.15, 0.2) is 42.7 Å². The summed E-state index contributed by atoms with van der Waals surface area (Å²) in [6.07, 6.45) is 6.15. The molecule has 0 spiro atoms. The van der Waals surface area contributed by atoms with Crippen molar-refractivity contribution in [3.63, 3.8) is 0 Å². The number of para-hydroxylation sites is 1. The van der Waals surface area contributed by atoms with Gasteiger partial charge in [0.2, 0.25) is 0 Å². The van der Waals surface area contributed by atoms with Crippen LogP contribution in [0.3, 0.4) is 0 Å². The molecule has 2 atom stereocenters. The van der Waals surface area contributed by atoms with Crippen molar-refractivity contribution in [3.05, 3.63) is 48.3 Å². The molecule has 4 rings (SSSR count). The molecule has 114 valence electrons. The molecule has 5 nitrogen and oxygen atoms in total. The third kappa shape index (κ3) is 2.36. The second-order valence-electron chi connectivity index (χ2n) is 5.98. The smallest absolute Gasteiger partial charge is 0.264 e. The number of aromatic nitrogens is 2. The number of nitrogens with zero attached hydrogens (tertiary/aromatic N) is 3. The fraction of sp³-hybridized carbons (Fsp3) is 0.412. The van der Waals surface area contributed by atoms with Crippen molar-refractivity contribution in [2.45, 2.75) is 31.4 Å². The zero-order valence-corrected chi connectivity index (χ0v) is 12.4. The minimum Gasteiger partial charge on any atom is -0.480 e. The molecule has 1 amide bonds. The number of benzene rings is 1. The van der Waals surface area contributed by atoms with Gasteiger partial charge in [0.25, 0.3) is 5.91 Å². The first-order chi connectivity index (χ1) is 10.8. The Labute approximate surface area is 129 Å². The Morgan fingerprint density at radius 3 is 3.00 bits per heavy atom. The summed E-state index contributed by atoms with van der Waals surface area (Å²) in [5.41, 5.74) is 1.13. The molecule has 5 heteroatoms. The summed E-state index contributed by atoms with van der Waals surface area (Å²) in [5, 5.41) is 4.31. The Morgan fingerprint density at radius 1 is 1.27 bits per heavy atom. The van der Waals surface area contributed by atoms with Gasteiger partial charge in [-0.2, -0.15) is 5.10 Å². The van der Waals surface area contributed by atoms with E-state index < -0.39 is 0 Å². The number of likely N-dealkylation sites (tertiary alicyclic amines) is 1. The molecule has 0 radical (unpaired) electrons. The molecule has 0 N–H and O–H groups in total. The Balaban J connectivity index is 1.45. The maximum absolute atomic E-state index is 12.8. The molecule has 1 fully saturated rings. The number of rotatable bonds is 2. The first kappa shape index (κ1) is 13.4. The highest BCUT2D eigenvalue weighted by atomic mass is 16.5. The van der Waals surface area contributed by atoms with Gasteiger partial charge in [0.15, 0.2) is 6.10 Å². The molecule has 2 aliphatic heterocycles. The summed E-state index contributed by atoms with van der Waals surface area (Å²) < 4.78 is 7.80. The molecule has 0 aliphatic carbocycles. The second kappa shape index (κ2) is 5.48. The molecule has 3 heterocycles. The van der Waals surface area contributed by atoms with Crippen LogP contribution in [0.5, 0.6) is 5.75 Å². The van der Waals surface area contributed by atoms with Gasteiger partial charge in [0, 0.05) is 31.9 Å². The van der Waals surface area contributed by atoms with E-state index in [4.69, 9.17) is 4.74 Å². The van der Waals surface area contributed by atoms with Crippen LogP contribution < -0.4 is 4.74 Å². The van der Waals surface area contributed by atoms with Crippen LogP contribution in [0.2, 0.25) is 0 Å². The van der Waals surface area contributed by atoms with E-state index in [2.05, 4.69) is 5.10 Å². The van der Waals surface area contributed by atoms with Crippen LogP contribution in [-0.4, -0.2) is 39.8 Å². The Morgan fingerprint density at radius 2 is 2.18 bits per heavy atom. The predicted molar refractivity (Wildman–Crippen MR) is 81.6 cm³/mol. The lowest BCUT2D eigenvalue weighted by Crippen LogP contribution is -2.46. The van der Waals surface area contributed by atoms with Crippen molar-refractivity contribution < 1.29 is 9.53 Å². The normalized spacial score (nSPS) is 23.9. The molecule has 1 saturated heterocycles. The predicted octanol–water partition coefficient (Wildman–Crippen LogP) is 2.05. The summed E-state index contributed by atoms with van der Waals surface area (Å²) in [6.45, 7) is 1.53. The monoisotopic (exact) mass is 297 g/mol. The standard InChI is InChI=1S/C17H19N3O2/c21-17(16-11-13-5-1-2-7-15(13)22-16)19-9-3-6-14(12-19)20-10-4-8-18-20/h1-2,4-5,7-8,10,14,16H,3,6,9,11-12H2/t14-,16+/m0/s1. The van der Waals surface area contributed by atoms with Crippen molar-refractivity contribution in [1.29, 1.82) is 0 Å². The van der Waals surface area contributed by atoms with Gasteiger partial charge < -0.3 is 9.64 Å².